The van der Waals surface area contributed by atoms with Gasteiger partial charge in [-0.1, -0.05) is 26.0 Å². The molecule has 4 fully saturated rings. The normalized spacial score (nSPS) is 39.1. The molecule has 4 aliphatic carbocycles. The van der Waals surface area contributed by atoms with Crippen LogP contribution in [0.3, 0.4) is 0 Å². The first-order chi connectivity index (χ1) is 16.4. The summed E-state index contributed by atoms with van der Waals surface area (Å²) < 4.78 is 12.7. The van der Waals surface area contributed by atoms with Crippen LogP contribution in [0.4, 0.5) is 0 Å². The summed E-state index contributed by atoms with van der Waals surface area (Å²) in [4.78, 5) is 31.7. The van der Waals surface area contributed by atoms with Crippen molar-refractivity contribution in [3.63, 3.8) is 0 Å². The van der Waals surface area contributed by atoms with Crippen LogP contribution in [-0.4, -0.2) is 49.7 Å². The van der Waals surface area contributed by atoms with Gasteiger partial charge in [-0.25, -0.2) is 9.59 Å². The summed E-state index contributed by atoms with van der Waals surface area (Å²) in [5.74, 6) is 1.20. The van der Waals surface area contributed by atoms with E-state index >= 15 is 0 Å². The summed E-state index contributed by atoms with van der Waals surface area (Å²) in [7, 11) is -0.746. The van der Waals surface area contributed by atoms with E-state index in [4.69, 9.17) is 15.9 Å². The molecule has 0 aromatic heterocycles. The van der Waals surface area contributed by atoms with E-state index in [1.54, 1.807) is 0 Å². The van der Waals surface area contributed by atoms with Crippen LogP contribution in [0, 0.1) is 34.5 Å². The highest BCUT2D eigenvalue weighted by Gasteiger charge is 2.61. The summed E-state index contributed by atoms with van der Waals surface area (Å²) >= 11 is 0. The number of carbonyl (C=O) groups is 3. The van der Waals surface area contributed by atoms with Gasteiger partial charge >= 0.3 is 11.9 Å². The molecule has 0 amide bonds. The molecule has 4 N–H and O–H groups in total. The molecule has 0 radical (unpaired) electrons. The lowest BCUT2D eigenvalue weighted by atomic mass is 9.44. The van der Waals surface area contributed by atoms with Gasteiger partial charge in [0.25, 0.3) is 0 Å². The van der Waals surface area contributed by atoms with Crippen LogP contribution >= 0.6 is 0 Å². The van der Waals surface area contributed by atoms with Gasteiger partial charge in [-0.3, -0.25) is 9.00 Å². The quantitative estimate of drug-likeness (QED) is 0.366. The van der Waals surface area contributed by atoms with E-state index in [1.165, 1.54) is 18.4 Å². The third kappa shape index (κ3) is 5.63. The number of Topliss-reactive ketones (excluding diaryl/α,β-unsaturated/α-hetero) is 1. The Morgan fingerprint density at radius 2 is 1.77 bits per heavy atom. The smallest absolute Gasteiger partial charge is 0.328 e. The molecule has 0 spiro atoms. The van der Waals surface area contributed by atoms with Gasteiger partial charge in [0.1, 0.15) is 5.78 Å². The Labute approximate surface area is 211 Å². The first-order valence-electron chi connectivity index (χ1n) is 12.9. The lowest BCUT2D eigenvalue weighted by molar-refractivity contribution is -0.135. The topological polar surface area (TPSA) is 135 Å². The summed E-state index contributed by atoms with van der Waals surface area (Å²) in [6.07, 6.45) is 10.6. The number of rotatable bonds is 6. The number of carboxylic acid groups (broad SMARTS) is 2. The zero-order valence-corrected chi connectivity index (χ0v) is 21.9. The van der Waals surface area contributed by atoms with Gasteiger partial charge in [-0.05, 0) is 87.0 Å². The van der Waals surface area contributed by atoms with E-state index in [1.807, 2.05) is 0 Å². The standard InChI is InChI=1S/C23H37NO2S.C4H4O4/c1-15-13-17-18-5-6-21(25)23(18,3)10-8-19(17)22(2)9-7-16(14-20(15)22)27(26)12-4-11-24;5-3(6)1-2-4(7)8/h16-20H,1,4-14,24H2,2-3H3;1-2H,(H,5,6)(H,7,8)/b;2-1+/t16-,17-,18-,19-,20-,22+,23-,27?;/m0./s1. The summed E-state index contributed by atoms with van der Waals surface area (Å²) in [5, 5.41) is 15.9. The molecule has 0 saturated heterocycles. The average Bonchev–Trinajstić information content (AvgIpc) is 3.11. The maximum Gasteiger partial charge on any atom is 0.328 e. The maximum atomic E-state index is 12.7. The first-order valence-corrected chi connectivity index (χ1v) is 14.2. The monoisotopic (exact) mass is 507 g/mol. The van der Waals surface area contributed by atoms with Gasteiger partial charge in [0.05, 0.1) is 0 Å². The average molecular weight is 508 g/mol. The number of allylic oxidation sites excluding steroid dienone is 1. The third-order valence-corrected chi connectivity index (χ3v) is 11.4. The highest BCUT2D eigenvalue weighted by molar-refractivity contribution is 7.85. The molecule has 1 unspecified atom stereocenters. The molecule has 4 rings (SSSR count). The molecule has 0 aliphatic heterocycles. The molecule has 0 aromatic rings. The lowest BCUT2D eigenvalue weighted by Gasteiger charge is -2.60. The minimum atomic E-state index is -1.26. The molecule has 196 valence electrons. The molecular weight excluding hydrogens is 466 g/mol. The number of nitrogens with two attached hydrogens (primary N) is 1. The molecule has 8 atom stereocenters. The fourth-order valence-corrected chi connectivity index (χ4v) is 9.33. The number of fused-ring (bicyclic) bond motifs is 5. The second-order valence-electron chi connectivity index (χ2n) is 11.3. The van der Waals surface area contributed by atoms with Gasteiger partial charge in [-0.15, -0.1) is 0 Å². The van der Waals surface area contributed by atoms with Crippen LogP contribution in [0.5, 0.6) is 0 Å². The molecule has 35 heavy (non-hydrogen) atoms. The summed E-state index contributed by atoms with van der Waals surface area (Å²) in [5.41, 5.74) is 7.24. The Morgan fingerprint density at radius 3 is 2.37 bits per heavy atom. The fourth-order valence-electron chi connectivity index (χ4n) is 7.75. The van der Waals surface area contributed by atoms with Crippen LogP contribution in [0.1, 0.15) is 71.6 Å². The van der Waals surface area contributed by atoms with E-state index in [0.717, 1.165) is 56.6 Å². The molecule has 4 saturated carbocycles. The van der Waals surface area contributed by atoms with Crippen molar-refractivity contribution >= 4 is 28.5 Å². The van der Waals surface area contributed by atoms with Gasteiger partial charge in [0.2, 0.25) is 0 Å². The zero-order valence-electron chi connectivity index (χ0n) is 21.0. The van der Waals surface area contributed by atoms with Crippen molar-refractivity contribution < 1.29 is 28.8 Å². The Balaban J connectivity index is 0.000000371. The Hall–Kier alpha value is -1.80. The van der Waals surface area contributed by atoms with Crippen molar-refractivity contribution in [3.8, 4) is 0 Å². The van der Waals surface area contributed by atoms with E-state index in [0.29, 0.717) is 52.9 Å². The van der Waals surface area contributed by atoms with Crippen molar-refractivity contribution in [2.75, 3.05) is 12.3 Å². The van der Waals surface area contributed by atoms with Crippen LogP contribution in [0.2, 0.25) is 0 Å². The first kappa shape index (κ1) is 27.8. The van der Waals surface area contributed by atoms with Gasteiger partial charge in [-0.2, -0.15) is 0 Å². The molecule has 0 aromatic carbocycles. The van der Waals surface area contributed by atoms with Crippen LogP contribution in [0.25, 0.3) is 0 Å². The van der Waals surface area contributed by atoms with E-state index in [2.05, 4.69) is 20.4 Å². The Morgan fingerprint density at radius 1 is 1.11 bits per heavy atom. The predicted octanol–water partition coefficient (Wildman–Crippen LogP) is 3.94. The van der Waals surface area contributed by atoms with Gasteiger partial charge in [0, 0.05) is 45.8 Å². The Kier molecular flexibility index (Phi) is 8.79. The number of hydrogen-bond acceptors (Lipinski definition) is 5. The lowest BCUT2D eigenvalue weighted by Crippen LogP contribution is -2.55. The Bertz CT molecular complexity index is 899. The van der Waals surface area contributed by atoms with Crippen molar-refractivity contribution in [3.05, 3.63) is 24.3 Å². The predicted molar refractivity (Wildman–Crippen MR) is 136 cm³/mol. The zero-order chi connectivity index (χ0) is 26.0. The van der Waals surface area contributed by atoms with E-state index in [-0.39, 0.29) is 5.41 Å². The fraction of sp³-hybridized carbons (Fsp3) is 0.741. The second kappa shape index (κ2) is 11.1. The van der Waals surface area contributed by atoms with Crippen LogP contribution < -0.4 is 5.73 Å². The molecule has 4 aliphatic rings. The van der Waals surface area contributed by atoms with E-state index < -0.39 is 22.7 Å². The third-order valence-electron chi connectivity index (χ3n) is 9.57. The second-order valence-corrected chi connectivity index (χ2v) is 13.2. The largest absolute Gasteiger partial charge is 0.478 e. The summed E-state index contributed by atoms with van der Waals surface area (Å²) in [6, 6.07) is 0. The van der Waals surface area contributed by atoms with Gasteiger partial charge < -0.3 is 15.9 Å². The number of carbonyl (C=O) groups excluding carboxylic acids is 1. The van der Waals surface area contributed by atoms with Crippen LogP contribution in [0.15, 0.2) is 24.3 Å². The van der Waals surface area contributed by atoms with Crippen molar-refractivity contribution in [1.82, 2.24) is 0 Å². The van der Waals surface area contributed by atoms with E-state index in [9.17, 15) is 18.6 Å². The van der Waals surface area contributed by atoms with Crippen LogP contribution in [-0.2, 0) is 25.2 Å². The number of aliphatic carboxylic acids is 2. The number of carboxylic acids is 2. The highest BCUT2D eigenvalue weighted by Crippen LogP contribution is 2.66. The number of hydrogen-bond donors (Lipinski definition) is 3. The molecular formula is C27H41NO6S. The minimum absolute atomic E-state index is 0.0639. The molecule has 0 bridgehead atoms. The van der Waals surface area contributed by atoms with Crippen molar-refractivity contribution in [2.45, 2.75) is 76.9 Å². The SMILES string of the molecule is C=C1C[C@@H]2[C@H](CC[C@]3(C)C(=O)CC[C@@H]23)[C@@]2(C)CC[C@H](S(=O)CCCN)C[C@@H]12.O=C(O)/C=C/C(=O)O. The summed E-state index contributed by atoms with van der Waals surface area (Å²) in [6.45, 7) is 9.92. The number of ketones is 1. The maximum absolute atomic E-state index is 12.7. The van der Waals surface area contributed by atoms with Crippen molar-refractivity contribution in [2.24, 2.45) is 40.2 Å². The van der Waals surface area contributed by atoms with Crippen molar-refractivity contribution in [1.29, 1.82) is 0 Å². The molecule has 7 nitrogen and oxygen atoms in total. The molecule has 0 heterocycles. The minimum Gasteiger partial charge on any atom is -0.478 e. The van der Waals surface area contributed by atoms with Gasteiger partial charge in [0.15, 0.2) is 0 Å². The molecule has 8 heteroatoms. The highest BCUT2D eigenvalue weighted by atomic mass is 32.2.